The number of hydrogen-bond donors (Lipinski definition) is 1. The van der Waals surface area contributed by atoms with Gasteiger partial charge in [0, 0.05) is 7.05 Å². The van der Waals surface area contributed by atoms with Crippen LogP contribution in [0, 0.1) is 6.92 Å². The zero-order valence-corrected chi connectivity index (χ0v) is 9.22. The minimum atomic E-state index is -0.458. The van der Waals surface area contributed by atoms with E-state index in [-0.39, 0.29) is 5.91 Å². The Bertz CT molecular complexity index is 342. The van der Waals surface area contributed by atoms with E-state index in [1.807, 2.05) is 39.0 Å². The van der Waals surface area contributed by atoms with Gasteiger partial charge in [0.05, 0.1) is 5.41 Å². The molecule has 1 aromatic rings. The highest BCUT2D eigenvalue weighted by Gasteiger charge is 2.28. The van der Waals surface area contributed by atoms with Crippen molar-refractivity contribution in [1.82, 2.24) is 5.32 Å². The van der Waals surface area contributed by atoms with E-state index in [0.29, 0.717) is 0 Å². The molecule has 0 heterocycles. The maximum Gasteiger partial charge on any atom is 0.229 e. The Balaban J connectivity index is 3.09. The fourth-order valence-electron chi connectivity index (χ4n) is 1.48. The van der Waals surface area contributed by atoms with Crippen molar-refractivity contribution < 1.29 is 4.79 Å². The molecule has 0 radical (unpaired) electrons. The molecule has 0 spiro atoms. The van der Waals surface area contributed by atoms with Gasteiger partial charge in [-0.1, -0.05) is 29.8 Å². The number of amides is 1. The number of likely N-dealkylation sites (N-methyl/N-ethyl adjacent to an activating group) is 1. The monoisotopic (exact) mass is 191 g/mol. The Kier molecular flexibility index (Phi) is 2.94. The van der Waals surface area contributed by atoms with Gasteiger partial charge in [0.25, 0.3) is 0 Å². The smallest absolute Gasteiger partial charge is 0.229 e. The summed E-state index contributed by atoms with van der Waals surface area (Å²) in [5, 5.41) is 2.68. The van der Waals surface area contributed by atoms with E-state index >= 15 is 0 Å². The van der Waals surface area contributed by atoms with Gasteiger partial charge in [0.1, 0.15) is 0 Å². The number of carbonyl (C=O) groups is 1. The molecule has 14 heavy (non-hydrogen) atoms. The van der Waals surface area contributed by atoms with Gasteiger partial charge >= 0.3 is 0 Å². The van der Waals surface area contributed by atoms with Crippen LogP contribution in [0.3, 0.4) is 0 Å². The third kappa shape index (κ3) is 1.95. The van der Waals surface area contributed by atoms with Gasteiger partial charge in [-0.15, -0.1) is 0 Å². The van der Waals surface area contributed by atoms with Crippen molar-refractivity contribution in [1.29, 1.82) is 0 Å². The number of nitrogens with one attached hydrogen (secondary N) is 1. The first kappa shape index (κ1) is 10.8. The summed E-state index contributed by atoms with van der Waals surface area (Å²) in [7, 11) is 1.67. The highest BCUT2D eigenvalue weighted by Crippen LogP contribution is 2.23. The van der Waals surface area contributed by atoms with E-state index in [9.17, 15) is 4.79 Å². The molecule has 0 aliphatic carbocycles. The van der Waals surface area contributed by atoms with Crippen LogP contribution in [0.2, 0.25) is 0 Å². The van der Waals surface area contributed by atoms with Crippen LogP contribution in [0.15, 0.2) is 24.3 Å². The molecule has 0 saturated heterocycles. The van der Waals surface area contributed by atoms with Crippen molar-refractivity contribution in [2.45, 2.75) is 26.2 Å². The molecule has 2 nitrogen and oxygen atoms in total. The molecule has 0 saturated carbocycles. The van der Waals surface area contributed by atoms with Gasteiger partial charge in [-0.2, -0.15) is 0 Å². The Hall–Kier alpha value is -1.31. The Morgan fingerprint density at radius 1 is 1.36 bits per heavy atom. The summed E-state index contributed by atoms with van der Waals surface area (Å²) in [6.45, 7) is 5.89. The fraction of sp³-hybridized carbons (Fsp3) is 0.417. The zero-order chi connectivity index (χ0) is 10.8. The first-order valence-corrected chi connectivity index (χ1v) is 4.78. The summed E-state index contributed by atoms with van der Waals surface area (Å²) in [6, 6.07) is 8.05. The highest BCUT2D eigenvalue weighted by molar-refractivity contribution is 5.87. The summed E-state index contributed by atoms with van der Waals surface area (Å²) in [5.74, 6) is 0.0445. The standard InChI is InChI=1S/C12H17NO/c1-9-6-5-7-10(8-9)12(2,3)11(14)13-4/h5-8H,1-4H3,(H,13,14). The molecule has 0 aromatic heterocycles. The van der Waals surface area contributed by atoms with Crippen LogP contribution in [0.4, 0.5) is 0 Å². The predicted molar refractivity (Wildman–Crippen MR) is 58.3 cm³/mol. The molecule has 1 N–H and O–H groups in total. The minimum Gasteiger partial charge on any atom is -0.358 e. The summed E-state index contributed by atoms with van der Waals surface area (Å²) >= 11 is 0. The van der Waals surface area contributed by atoms with Crippen LogP contribution in [0.25, 0.3) is 0 Å². The molecule has 1 amide bonds. The predicted octanol–water partition coefficient (Wildman–Crippen LogP) is 2.02. The zero-order valence-electron chi connectivity index (χ0n) is 9.22. The Morgan fingerprint density at radius 3 is 2.50 bits per heavy atom. The van der Waals surface area contributed by atoms with Gasteiger partial charge < -0.3 is 5.32 Å². The average Bonchev–Trinajstić information content (AvgIpc) is 2.16. The van der Waals surface area contributed by atoms with Crippen molar-refractivity contribution in [3.05, 3.63) is 35.4 Å². The van der Waals surface area contributed by atoms with Crippen LogP contribution >= 0.6 is 0 Å². The number of carbonyl (C=O) groups excluding carboxylic acids is 1. The summed E-state index contributed by atoms with van der Waals surface area (Å²) in [6.07, 6.45) is 0. The molecule has 1 aromatic carbocycles. The number of rotatable bonds is 2. The van der Waals surface area contributed by atoms with Crippen LogP contribution in [-0.4, -0.2) is 13.0 Å². The first-order chi connectivity index (χ1) is 6.48. The second-order valence-electron chi connectivity index (χ2n) is 4.07. The van der Waals surface area contributed by atoms with Crippen molar-refractivity contribution >= 4 is 5.91 Å². The lowest BCUT2D eigenvalue weighted by atomic mass is 9.83. The first-order valence-electron chi connectivity index (χ1n) is 4.78. The molecule has 1 rings (SSSR count). The fourth-order valence-corrected chi connectivity index (χ4v) is 1.48. The van der Waals surface area contributed by atoms with Crippen LogP contribution in [0.1, 0.15) is 25.0 Å². The third-order valence-corrected chi connectivity index (χ3v) is 2.53. The molecule has 0 aliphatic heterocycles. The van der Waals surface area contributed by atoms with Gasteiger partial charge in [-0.05, 0) is 26.3 Å². The van der Waals surface area contributed by atoms with E-state index in [4.69, 9.17) is 0 Å². The molecule has 0 aliphatic rings. The maximum absolute atomic E-state index is 11.6. The molecular weight excluding hydrogens is 174 g/mol. The maximum atomic E-state index is 11.6. The highest BCUT2D eigenvalue weighted by atomic mass is 16.2. The van der Waals surface area contributed by atoms with Gasteiger partial charge in [0.2, 0.25) is 5.91 Å². The van der Waals surface area contributed by atoms with Crippen molar-refractivity contribution in [3.8, 4) is 0 Å². The summed E-state index contributed by atoms with van der Waals surface area (Å²) in [5.41, 5.74) is 1.78. The molecule has 2 heteroatoms. The summed E-state index contributed by atoms with van der Waals surface area (Å²) < 4.78 is 0. The Labute approximate surface area is 85.3 Å². The van der Waals surface area contributed by atoms with Crippen molar-refractivity contribution in [2.75, 3.05) is 7.05 Å². The van der Waals surface area contributed by atoms with E-state index < -0.39 is 5.41 Å². The molecule has 0 fully saturated rings. The largest absolute Gasteiger partial charge is 0.358 e. The lowest BCUT2D eigenvalue weighted by molar-refractivity contribution is -0.125. The molecular formula is C12H17NO. The number of hydrogen-bond acceptors (Lipinski definition) is 1. The van der Waals surface area contributed by atoms with Crippen LogP contribution in [0.5, 0.6) is 0 Å². The average molecular weight is 191 g/mol. The van der Waals surface area contributed by atoms with E-state index in [2.05, 4.69) is 11.4 Å². The lowest BCUT2D eigenvalue weighted by Crippen LogP contribution is -2.37. The van der Waals surface area contributed by atoms with E-state index in [0.717, 1.165) is 5.56 Å². The van der Waals surface area contributed by atoms with Gasteiger partial charge in [0.15, 0.2) is 0 Å². The molecule has 76 valence electrons. The SMILES string of the molecule is CNC(=O)C(C)(C)c1cccc(C)c1. The number of benzene rings is 1. The minimum absolute atomic E-state index is 0.0445. The molecule has 0 unspecified atom stereocenters. The normalized spacial score (nSPS) is 11.1. The number of aryl methyl sites for hydroxylation is 1. The topological polar surface area (TPSA) is 29.1 Å². The lowest BCUT2D eigenvalue weighted by Gasteiger charge is -2.23. The molecule has 0 bridgehead atoms. The summed E-state index contributed by atoms with van der Waals surface area (Å²) in [4.78, 5) is 11.6. The van der Waals surface area contributed by atoms with Crippen molar-refractivity contribution in [2.24, 2.45) is 0 Å². The van der Waals surface area contributed by atoms with Crippen molar-refractivity contribution in [3.63, 3.8) is 0 Å². The van der Waals surface area contributed by atoms with E-state index in [1.54, 1.807) is 7.05 Å². The molecule has 0 atom stereocenters. The van der Waals surface area contributed by atoms with Crippen LogP contribution in [-0.2, 0) is 10.2 Å². The second kappa shape index (κ2) is 3.82. The quantitative estimate of drug-likeness (QED) is 0.761. The Morgan fingerprint density at radius 2 is 2.00 bits per heavy atom. The second-order valence-corrected chi connectivity index (χ2v) is 4.07. The van der Waals surface area contributed by atoms with E-state index in [1.165, 1.54) is 5.56 Å². The van der Waals surface area contributed by atoms with Gasteiger partial charge in [-0.25, -0.2) is 0 Å². The third-order valence-electron chi connectivity index (χ3n) is 2.53. The van der Waals surface area contributed by atoms with Crippen LogP contribution < -0.4 is 5.32 Å². The van der Waals surface area contributed by atoms with Gasteiger partial charge in [-0.3, -0.25) is 4.79 Å².